The first kappa shape index (κ1) is 13.4. The van der Waals surface area contributed by atoms with E-state index in [1.807, 2.05) is 0 Å². The molecule has 0 aliphatic heterocycles. The number of rotatable bonds is 2. The van der Waals surface area contributed by atoms with Crippen LogP contribution in [0.2, 0.25) is 0 Å². The molecule has 102 valence electrons. The van der Waals surface area contributed by atoms with Gasteiger partial charge in [-0.2, -0.15) is 5.10 Å². The van der Waals surface area contributed by atoms with Crippen LogP contribution in [0, 0.1) is 5.92 Å². The molecule has 1 aliphatic carbocycles. The fourth-order valence-corrected chi connectivity index (χ4v) is 2.11. The zero-order valence-electron chi connectivity index (χ0n) is 10.9. The molecule has 0 bridgehead atoms. The van der Waals surface area contributed by atoms with Crippen molar-refractivity contribution < 1.29 is 15.0 Å². The van der Waals surface area contributed by atoms with Crippen LogP contribution in [0.5, 0.6) is 11.5 Å². The molecule has 0 radical (unpaired) electrons. The molecule has 1 fully saturated rings. The van der Waals surface area contributed by atoms with Gasteiger partial charge in [-0.05, 0) is 43.7 Å². The number of carbonyl (C=O) groups excluding carboxylic acids is 1. The van der Waals surface area contributed by atoms with Crippen LogP contribution in [0.1, 0.15) is 43.0 Å². The molecule has 0 atom stereocenters. The van der Waals surface area contributed by atoms with Crippen LogP contribution >= 0.6 is 0 Å². The minimum Gasteiger partial charge on any atom is -0.508 e. The molecule has 3 N–H and O–H groups in total. The maximum atomic E-state index is 11.8. The molecule has 19 heavy (non-hydrogen) atoms. The number of phenolic OH excluding ortho intramolecular Hbond substituents is 2. The standard InChI is InChI=1S/C14H18N2O3/c1-9-2-4-10(5-3-9)15-16-14(19)12-7-6-11(17)8-13(12)18/h6-9,17-18H,2-5H2,1H3,(H,16,19). The monoisotopic (exact) mass is 262 g/mol. The number of nitrogens with one attached hydrogen (secondary N) is 1. The minimum absolute atomic E-state index is 0.0818. The van der Waals surface area contributed by atoms with Gasteiger partial charge < -0.3 is 10.2 Å². The molecule has 5 nitrogen and oxygen atoms in total. The van der Waals surface area contributed by atoms with E-state index in [4.69, 9.17) is 5.11 Å². The predicted octanol–water partition coefficient (Wildman–Crippen LogP) is 2.39. The normalized spacial score (nSPS) is 19.0. The highest BCUT2D eigenvalue weighted by molar-refractivity contribution is 5.98. The van der Waals surface area contributed by atoms with Gasteiger partial charge in [0.25, 0.3) is 5.91 Å². The number of amides is 1. The maximum absolute atomic E-state index is 11.8. The fourth-order valence-electron chi connectivity index (χ4n) is 2.11. The number of hydrogen-bond donors (Lipinski definition) is 3. The van der Waals surface area contributed by atoms with Crippen LogP contribution < -0.4 is 5.43 Å². The Hall–Kier alpha value is -2.04. The highest BCUT2D eigenvalue weighted by Gasteiger charge is 2.15. The lowest BCUT2D eigenvalue weighted by Gasteiger charge is -2.18. The summed E-state index contributed by atoms with van der Waals surface area (Å²) >= 11 is 0. The molecular formula is C14H18N2O3. The van der Waals surface area contributed by atoms with Gasteiger partial charge in [-0.25, -0.2) is 5.43 Å². The zero-order valence-corrected chi connectivity index (χ0v) is 10.9. The van der Waals surface area contributed by atoms with Crippen LogP contribution in [0.25, 0.3) is 0 Å². The molecule has 0 aromatic heterocycles. The molecule has 0 heterocycles. The SMILES string of the molecule is CC1CCC(=NNC(=O)c2ccc(O)cc2O)CC1. The Morgan fingerprint density at radius 1 is 1.32 bits per heavy atom. The molecule has 1 aromatic carbocycles. The summed E-state index contributed by atoms with van der Waals surface area (Å²) in [6, 6.07) is 3.84. The molecular weight excluding hydrogens is 244 g/mol. The van der Waals surface area contributed by atoms with Crippen LogP contribution in [-0.4, -0.2) is 21.8 Å². The summed E-state index contributed by atoms with van der Waals surface area (Å²) in [5.41, 5.74) is 3.54. The van der Waals surface area contributed by atoms with Crippen molar-refractivity contribution >= 4 is 11.6 Å². The van der Waals surface area contributed by atoms with Gasteiger partial charge >= 0.3 is 0 Å². The molecule has 1 amide bonds. The lowest BCUT2D eigenvalue weighted by Crippen LogP contribution is -2.21. The van der Waals surface area contributed by atoms with Crippen molar-refractivity contribution in [2.24, 2.45) is 11.0 Å². The Kier molecular flexibility index (Phi) is 4.04. The Balaban J connectivity index is 1.99. The van der Waals surface area contributed by atoms with E-state index in [-0.39, 0.29) is 17.1 Å². The Bertz CT molecular complexity index is 501. The van der Waals surface area contributed by atoms with Crippen molar-refractivity contribution in [2.45, 2.75) is 32.6 Å². The second-order valence-corrected chi connectivity index (χ2v) is 5.00. The number of benzene rings is 1. The molecule has 1 saturated carbocycles. The van der Waals surface area contributed by atoms with Gasteiger partial charge in [-0.1, -0.05) is 6.92 Å². The number of phenols is 2. The molecule has 0 spiro atoms. The highest BCUT2D eigenvalue weighted by Crippen LogP contribution is 2.23. The van der Waals surface area contributed by atoms with Crippen molar-refractivity contribution in [2.75, 3.05) is 0 Å². The highest BCUT2D eigenvalue weighted by atomic mass is 16.3. The molecule has 1 aromatic rings. The maximum Gasteiger partial charge on any atom is 0.275 e. The number of hydrogen-bond acceptors (Lipinski definition) is 4. The molecule has 2 rings (SSSR count). The molecule has 0 unspecified atom stereocenters. The third-order valence-electron chi connectivity index (χ3n) is 3.39. The fraction of sp³-hybridized carbons (Fsp3) is 0.429. The van der Waals surface area contributed by atoms with E-state index in [2.05, 4.69) is 17.5 Å². The van der Waals surface area contributed by atoms with E-state index in [0.717, 1.165) is 43.4 Å². The minimum atomic E-state index is -0.469. The summed E-state index contributed by atoms with van der Waals surface area (Å²) in [4.78, 5) is 11.8. The van der Waals surface area contributed by atoms with E-state index in [1.54, 1.807) is 0 Å². The van der Waals surface area contributed by atoms with Gasteiger partial charge in [0, 0.05) is 11.8 Å². The van der Waals surface area contributed by atoms with Crippen molar-refractivity contribution in [3.05, 3.63) is 23.8 Å². The molecule has 1 aliphatic rings. The molecule has 5 heteroatoms. The Morgan fingerprint density at radius 3 is 2.63 bits per heavy atom. The summed E-state index contributed by atoms with van der Waals surface area (Å²) in [6.45, 7) is 2.21. The van der Waals surface area contributed by atoms with Crippen molar-refractivity contribution in [1.82, 2.24) is 5.43 Å². The largest absolute Gasteiger partial charge is 0.508 e. The third kappa shape index (κ3) is 3.47. The topological polar surface area (TPSA) is 81.9 Å². The van der Waals surface area contributed by atoms with Gasteiger partial charge in [-0.15, -0.1) is 0 Å². The summed E-state index contributed by atoms with van der Waals surface area (Å²) < 4.78 is 0. The van der Waals surface area contributed by atoms with E-state index in [0.29, 0.717) is 0 Å². The van der Waals surface area contributed by atoms with Gasteiger partial charge in [0.05, 0.1) is 5.56 Å². The van der Waals surface area contributed by atoms with Crippen LogP contribution in [-0.2, 0) is 0 Å². The van der Waals surface area contributed by atoms with Crippen molar-refractivity contribution in [3.63, 3.8) is 0 Å². The first-order valence-corrected chi connectivity index (χ1v) is 6.44. The van der Waals surface area contributed by atoms with Gasteiger partial charge in [0.2, 0.25) is 0 Å². The van der Waals surface area contributed by atoms with Crippen LogP contribution in [0.4, 0.5) is 0 Å². The second-order valence-electron chi connectivity index (χ2n) is 5.00. The third-order valence-corrected chi connectivity index (χ3v) is 3.39. The summed E-state index contributed by atoms with van der Waals surface area (Å²) in [5, 5.41) is 22.8. The van der Waals surface area contributed by atoms with Gasteiger partial charge in [-0.3, -0.25) is 4.79 Å². The lowest BCUT2D eigenvalue weighted by atomic mass is 9.90. The number of hydrazone groups is 1. The average molecular weight is 262 g/mol. The van der Waals surface area contributed by atoms with Gasteiger partial charge in [0.1, 0.15) is 11.5 Å². The predicted molar refractivity (Wildman–Crippen MR) is 72.3 cm³/mol. The Morgan fingerprint density at radius 2 is 2.00 bits per heavy atom. The lowest BCUT2D eigenvalue weighted by molar-refractivity contribution is 0.0952. The number of aromatic hydroxyl groups is 2. The van der Waals surface area contributed by atoms with Crippen molar-refractivity contribution in [1.29, 1.82) is 0 Å². The zero-order chi connectivity index (χ0) is 13.8. The van der Waals surface area contributed by atoms with E-state index < -0.39 is 5.91 Å². The summed E-state index contributed by atoms with van der Waals surface area (Å²) in [5.74, 6) is -0.0870. The van der Waals surface area contributed by atoms with E-state index >= 15 is 0 Å². The van der Waals surface area contributed by atoms with Crippen LogP contribution in [0.15, 0.2) is 23.3 Å². The van der Waals surface area contributed by atoms with Gasteiger partial charge in [0.15, 0.2) is 0 Å². The van der Waals surface area contributed by atoms with Crippen LogP contribution in [0.3, 0.4) is 0 Å². The summed E-state index contributed by atoms with van der Waals surface area (Å²) in [6.07, 6.45) is 4.00. The molecule has 0 saturated heterocycles. The quantitative estimate of drug-likeness (QED) is 0.716. The summed E-state index contributed by atoms with van der Waals surface area (Å²) in [7, 11) is 0. The smallest absolute Gasteiger partial charge is 0.275 e. The van der Waals surface area contributed by atoms with Crippen molar-refractivity contribution in [3.8, 4) is 11.5 Å². The van der Waals surface area contributed by atoms with E-state index in [1.165, 1.54) is 12.1 Å². The average Bonchev–Trinajstić information content (AvgIpc) is 2.37. The van der Waals surface area contributed by atoms with E-state index in [9.17, 15) is 9.90 Å². The first-order valence-electron chi connectivity index (χ1n) is 6.44. The Labute approximate surface area is 112 Å². The number of nitrogens with zero attached hydrogens (tertiary/aromatic N) is 1. The second kappa shape index (κ2) is 5.73. The number of carbonyl (C=O) groups is 1. The first-order chi connectivity index (χ1) is 9.06.